The Kier molecular flexibility index (Phi) is 6.65. The number of aromatic nitrogens is 2. The van der Waals surface area contributed by atoms with Crippen LogP contribution in [0.2, 0.25) is 0 Å². The molecule has 0 saturated carbocycles. The number of thiocarbonyl (C=S) groups is 1. The van der Waals surface area contributed by atoms with E-state index in [-0.39, 0.29) is 29.3 Å². The number of amides is 1. The summed E-state index contributed by atoms with van der Waals surface area (Å²) >= 11 is 5.18. The molecule has 3 rings (SSSR count). The molecule has 1 amide bonds. The molecule has 1 aromatic carbocycles. The second-order valence-electron chi connectivity index (χ2n) is 6.04. The van der Waals surface area contributed by atoms with Gasteiger partial charge in [-0.15, -0.1) is 12.4 Å². The molecular weight excluding hydrogens is 372 g/mol. The lowest BCUT2D eigenvalue weighted by atomic mass is 10.1. The molecule has 0 aliphatic heterocycles. The number of pyridine rings is 1. The van der Waals surface area contributed by atoms with Crippen LogP contribution in [0.3, 0.4) is 0 Å². The van der Waals surface area contributed by atoms with E-state index in [0.29, 0.717) is 23.4 Å². The number of hydrogen-bond acceptors (Lipinski definition) is 5. The van der Waals surface area contributed by atoms with Crippen LogP contribution in [0.25, 0.3) is 22.6 Å². The average molecular weight is 391 g/mol. The van der Waals surface area contributed by atoms with Gasteiger partial charge in [0.05, 0.1) is 0 Å². The van der Waals surface area contributed by atoms with Gasteiger partial charge >= 0.3 is 0 Å². The largest absolute Gasteiger partial charge is 0.436 e. The van der Waals surface area contributed by atoms with Crippen molar-refractivity contribution in [2.45, 2.75) is 20.3 Å². The number of anilines is 1. The Morgan fingerprint density at radius 2 is 1.96 bits per heavy atom. The summed E-state index contributed by atoms with van der Waals surface area (Å²) in [6.45, 7) is 3.96. The first kappa shape index (κ1) is 19.8. The molecule has 6 nitrogen and oxygen atoms in total. The smallest absolute Gasteiger partial charge is 0.227 e. The molecule has 0 unspecified atom stereocenters. The lowest BCUT2D eigenvalue weighted by molar-refractivity contribution is -0.120. The van der Waals surface area contributed by atoms with Gasteiger partial charge in [0.1, 0.15) is 5.52 Å². The normalized spacial score (nSPS) is 10.4. The highest BCUT2D eigenvalue weighted by Gasteiger charge is 2.10. The van der Waals surface area contributed by atoms with Crippen molar-refractivity contribution in [3.63, 3.8) is 0 Å². The Balaban J connectivity index is 0.00000243. The molecule has 0 aliphatic rings. The van der Waals surface area contributed by atoms with Crippen molar-refractivity contribution in [3.05, 3.63) is 42.7 Å². The molecule has 8 heteroatoms. The van der Waals surface area contributed by atoms with Crippen LogP contribution in [0.5, 0.6) is 0 Å². The van der Waals surface area contributed by atoms with Gasteiger partial charge in [0.2, 0.25) is 11.8 Å². The minimum absolute atomic E-state index is 0. The van der Waals surface area contributed by atoms with Gasteiger partial charge in [0.25, 0.3) is 0 Å². The van der Waals surface area contributed by atoms with Gasteiger partial charge < -0.3 is 15.1 Å². The highest BCUT2D eigenvalue weighted by Crippen LogP contribution is 2.25. The maximum absolute atomic E-state index is 11.8. The number of hydrogen-bond donors (Lipinski definition) is 2. The molecule has 26 heavy (non-hydrogen) atoms. The van der Waals surface area contributed by atoms with E-state index in [4.69, 9.17) is 16.6 Å². The monoisotopic (exact) mass is 390 g/mol. The van der Waals surface area contributed by atoms with Crippen LogP contribution in [0.15, 0.2) is 47.1 Å². The number of nitrogens with zero attached hydrogens (tertiary/aromatic N) is 2. The van der Waals surface area contributed by atoms with Gasteiger partial charge in [-0.3, -0.25) is 9.78 Å². The van der Waals surface area contributed by atoms with Crippen LogP contribution >= 0.6 is 24.6 Å². The molecule has 0 saturated heterocycles. The summed E-state index contributed by atoms with van der Waals surface area (Å²) < 4.78 is 5.75. The number of halogens is 1. The molecule has 0 aliphatic carbocycles. The predicted molar refractivity (Wildman–Crippen MR) is 108 cm³/mol. The minimum atomic E-state index is -0.102. The summed E-state index contributed by atoms with van der Waals surface area (Å²) in [5.74, 6) is 0.707. The molecule has 0 fully saturated rings. The molecule has 2 aromatic heterocycles. The van der Waals surface area contributed by atoms with E-state index in [2.05, 4.69) is 20.6 Å². The van der Waals surface area contributed by atoms with Crippen LogP contribution in [0, 0.1) is 5.92 Å². The predicted octanol–water partition coefficient (Wildman–Crippen LogP) is 4.17. The first-order valence-electron chi connectivity index (χ1n) is 7.93. The third-order valence-corrected chi connectivity index (χ3v) is 3.62. The zero-order chi connectivity index (χ0) is 17.8. The van der Waals surface area contributed by atoms with Crippen molar-refractivity contribution < 1.29 is 9.21 Å². The molecule has 0 atom stereocenters. The Morgan fingerprint density at radius 1 is 1.23 bits per heavy atom. The summed E-state index contributed by atoms with van der Waals surface area (Å²) in [7, 11) is 0. The zero-order valence-electron chi connectivity index (χ0n) is 14.4. The molecule has 0 radical (unpaired) electrons. The SMILES string of the molecule is CC(C)CC(=O)NC(=S)Nc1ccc2oc(-c3ccncc3)nc2c1.Cl. The van der Waals surface area contributed by atoms with E-state index in [1.165, 1.54) is 0 Å². The Morgan fingerprint density at radius 3 is 2.65 bits per heavy atom. The average Bonchev–Trinajstić information content (AvgIpc) is 2.98. The van der Waals surface area contributed by atoms with Gasteiger partial charge in [-0.1, -0.05) is 13.8 Å². The quantitative estimate of drug-likeness (QED) is 0.651. The lowest BCUT2D eigenvalue weighted by Gasteiger charge is -2.10. The van der Waals surface area contributed by atoms with Gasteiger partial charge in [-0.25, -0.2) is 4.98 Å². The van der Waals surface area contributed by atoms with E-state index >= 15 is 0 Å². The highest BCUT2D eigenvalue weighted by molar-refractivity contribution is 7.80. The summed E-state index contributed by atoms with van der Waals surface area (Å²) in [5, 5.41) is 5.93. The van der Waals surface area contributed by atoms with Crippen LogP contribution in [-0.4, -0.2) is 21.0 Å². The fourth-order valence-electron chi connectivity index (χ4n) is 2.33. The summed E-state index contributed by atoms with van der Waals surface area (Å²) in [6, 6.07) is 9.13. The van der Waals surface area contributed by atoms with Crippen molar-refractivity contribution in [1.29, 1.82) is 0 Å². The molecule has 2 heterocycles. The Labute approximate surface area is 162 Å². The maximum Gasteiger partial charge on any atom is 0.227 e. The zero-order valence-corrected chi connectivity index (χ0v) is 16.0. The van der Waals surface area contributed by atoms with E-state index in [1.807, 2.05) is 44.2 Å². The van der Waals surface area contributed by atoms with Crippen LogP contribution in [-0.2, 0) is 4.79 Å². The Hall–Kier alpha value is -2.51. The molecule has 0 bridgehead atoms. The maximum atomic E-state index is 11.8. The van der Waals surface area contributed by atoms with Crippen molar-refractivity contribution in [3.8, 4) is 11.5 Å². The molecule has 2 N–H and O–H groups in total. The first-order valence-corrected chi connectivity index (χ1v) is 8.34. The van der Waals surface area contributed by atoms with E-state index in [9.17, 15) is 4.79 Å². The summed E-state index contributed by atoms with van der Waals surface area (Å²) in [5.41, 5.74) is 2.97. The van der Waals surface area contributed by atoms with Crippen LogP contribution < -0.4 is 10.6 Å². The number of rotatable bonds is 4. The van der Waals surface area contributed by atoms with Gasteiger partial charge in [0.15, 0.2) is 10.7 Å². The van der Waals surface area contributed by atoms with Crippen molar-refractivity contribution >= 4 is 52.4 Å². The number of carbonyl (C=O) groups is 1. The van der Waals surface area contributed by atoms with Gasteiger partial charge in [-0.2, -0.15) is 0 Å². The fraction of sp³-hybridized carbons (Fsp3) is 0.222. The van der Waals surface area contributed by atoms with E-state index in [1.54, 1.807) is 12.4 Å². The van der Waals surface area contributed by atoms with Crippen LogP contribution in [0.4, 0.5) is 5.69 Å². The van der Waals surface area contributed by atoms with Crippen molar-refractivity contribution in [1.82, 2.24) is 15.3 Å². The van der Waals surface area contributed by atoms with Crippen molar-refractivity contribution in [2.75, 3.05) is 5.32 Å². The second-order valence-corrected chi connectivity index (χ2v) is 6.45. The van der Waals surface area contributed by atoms with Gasteiger partial charge in [-0.05, 0) is 48.5 Å². The van der Waals surface area contributed by atoms with E-state index < -0.39 is 0 Å². The highest BCUT2D eigenvalue weighted by atomic mass is 35.5. The number of carbonyl (C=O) groups excluding carboxylic acids is 1. The summed E-state index contributed by atoms with van der Waals surface area (Å²) in [6.07, 6.45) is 3.81. The van der Waals surface area contributed by atoms with Gasteiger partial charge in [0, 0.05) is 30.1 Å². The lowest BCUT2D eigenvalue weighted by Crippen LogP contribution is -2.34. The second kappa shape index (κ2) is 8.73. The molecule has 0 spiro atoms. The third-order valence-electron chi connectivity index (χ3n) is 3.42. The number of oxazole rings is 1. The standard InChI is InChI=1S/C18H18N4O2S.ClH/c1-11(2)9-16(23)22-18(25)20-13-3-4-15-14(10-13)21-17(24-15)12-5-7-19-8-6-12;/h3-8,10-11H,9H2,1-2H3,(H2,20,22,23,25);1H. The van der Waals surface area contributed by atoms with Crippen molar-refractivity contribution in [2.24, 2.45) is 5.92 Å². The third kappa shape index (κ3) is 5.00. The molecular formula is C18H19ClN4O2S. The molecule has 136 valence electrons. The number of nitrogens with one attached hydrogen (secondary N) is 2. The number of fused-ring (bicyclic) bond motifs is 1. The summed E-state index contributed by atoms with van der Waals surface area (Å²) in [4.78, 5) is 20.2. The van der Waals surface area contributed by atoms with Crippen LogP contribution in [0.1, 0.15) is 20.3 Å². The molecule has 3 aromatic rings. The minimum Gasteiger partial charge on any atom is -0.436 e. The fourth-order valence-corrected chi connectivity index (χ4v) is 2.57. The van der Waals surface area contributed by atoms with E-state index in [0.717, 1.165) is 11.3 Å². The Bertz CT molecular complexity index is 912. The number of benzene rings is 1. The topological polar surface area (TPSA) is 80.0 Å². The first-order chi connectivity index (χ1) is 12.0.